The van der Waals surface area contributed by atoms with Gasteiger partial charge in [0, 0.05) is 6.42 Å². The van der Waals surface area contributed by atoms with E-state index in [1.165, 1.54) is 25.7 Å². The van der Waals surface area contributed by atoms with Crippen LogP contribution >= 0.6 is 0 Å². The monoisotopic (exact) mass is 196 g/mol. The molecule has 2 aliphatic rings. The van der Waals surface area contributed by atoms with Gasteiger partial charge >= 0.3 is 0 Å². The van der Waals surface area contributed by atoms with Crippen LogP contribution in [0.15, 0.2) is 0 Å². The van der Waals surface area contributed by atoms with Crippen LogP contribution in [0.5, 0.6) is 0 Å². The third-order valence-electron chi connectivity index (χ3n) is 2.69. The normalized spacial score (nSPS) is 24.6. The second-order valence-corrected chi connectivity index (χ2v) is 3.78. The predicted molar refractivity (Wildman–Crippen MR) is 51.1 cm³/mol. The molecule has 0 spiro atoms. The standard InChI is InChI=1S/C11H16O3/c1-2-5-10(4-1)6-3-7-11-13-8-12-9-14-11/h10-11H,1-2,4-6,8-9H2. The van der Waals surface area contributed by atoms with Gasteiger partial charge in [0.15, 0.2) is 13.6 Å². The maximum absolute atomic E-state index is 5.12. The van der Waals surface area contributed by atoms with Crippen molar-refractivity contribution in [2.45, 2.75) is 38.4 Å². The van der Waals surface area contributed by atoms with E-state index in [0.717, 1.165) is 12.3 Å². The highest BCUT2D eigenvalue weighted by Gasteiger charge is 2.14. The summed E-state index contributed by atoms with van der Waals surface area (Å²) in [5.41, 5.74) is 0. The molecule has 0 N–H and O–H groups in total. The molecule has 1 aliphatic carbocycles. The Morgan fingerprint density at radius 3 is 2.50 bits per heavy atom. The molecule has 1 saturated carbocycles. The molecule has 0 aromatic heterocycles. The molecule has 1 saturated heterocycles. The fourth-order valence-electron chi connectivity index (χ4n) is 1.89. The highest BCUT2D eigenvalue weighted by atomic mass is 16.8. The fraction of sp³-hybridized carbons (Fsp3) is 0.818. The zero-order valence-corrected chi connectivity index (χ0v) is 8.33. The predicted octanol–water partition coefficient (Wildman–Crippen LogP) is 1.87. The fourth-order valence-corrected chi connectivity index (χ4v) is 1.89. The van der Waals surface area contributed by atoms with Crippen molar-refractivity contribution < 1.29 is 14.2 Å². The van der Waals surface area contributed by atoms with Crippen LogP contribution in [0.1, 0.15) is 32.1 Å². The maximum atomic E-state index is 5.12. The van der Waals surface area contributed by atoms with Crippen molar-refractivity contribution in [2.75, 3.05) is 13.6 Å². The molecule has 0 aromatic carbocycles. The molecule has 0 amide bonds. The molecule has 3 heteroatoms. The van der Waals surface area contributed by atoms with E-state index in [4.69, 9.17) is 14.2 Å². The van der Waals surface area contributed by atoms with E-state index < -0.39 is 0 Å². The summed E-state index contributed by atoms with van der Waals surface area (Å²) in [6, 6.07) is 0. The quantitative estimate of drug-likeness (QED) is 0.599. The lowest BCUT2D eigenvalue weighted by molar-refractivity contribution is -0.277. The summed E-state index contributed by atoms with van der Waals surface area (Å²) in [5.74, 6) is 6.92. The van der Waals surface area contributed by atoms with Crippen molar-refractivity contribution in [1.29, 1.82) is 0 Å². The van der Waals surface area contributed by atoms with E-state index in [1.54, 1.807) is 0 Å². The topological polar surface area (TPSA) is 27.7 Å². The summed E-state index contributed by atoms with van der Waals surface area (Å²) in [6.07, 6.45) is 6.04. The molecule has 0 radical (unpaired) electrons. The summed E-state index contributed by atoms with van der Waals surface area (Å²) in [7, 11) is 0. The van der Waals surface area contributed by atoms with Gasteiger partial charge in [-0.1, -0.05) is 18.8 Å². The van der Waals surface area contributed by atoms with E-state index in [-0.39, 0.29) is 6.29 Å². The lowest BCUT2D eigenvalue weighted by Gasteiger charge is -2.18. The molecular weight excluding hydrogens is 180 g/mol. The zero-order chi connectivity index (χ0) is 9.64. The average molecular weight is 196 g/mol. The molecular formula is C11H16O3. The number of hydrogen-bond acceptors (Lipinski definition) is 3. The van der Waals surface area contributed by atoms with Gasteiger partial charge in [-0.25, -0.2) is 0 Å². The van der Waals surface area contributed by atoms with Crippen molar-refractivity contribution in [3.8, 4) is 11.8 Å². The Hall–Kier alpha value is -0.560. The van der Waals surface area contributed by atoms with Gasteiger partial charge in [0.1, 0.15) is 0 Å². The van der Waals surface area contributed by atoms with Gasteiger partial charge in [0.2, 0.25) is 6.29 Å². The lowest BCUT2D eigenvalue weighted by atomic mass is 10.1. The first-order valence-corrected chi connectivity index (χ1v) is 5.24. The van der Waals surface area contributed by atoms with Gasteiger partial charge in [-0.05, 0) is 24.7 Å². The van der Waals surface area contributed by atoms with E-state index in [9.17, 15) is 0 Å². The molecule has 1 heterocycles. The van der Waals surface area contributed by atoms with Crippen LogP contribution in [0.25, 0.3) is 0 Å². The minimum Gasteiger partial charge on any atom is -0.329 e. The highest BCUT2D eigenvalue weighted by Crippen LogP contribution is 2.26. The van der Waals surface area contributed by atoms with Crippen molar-refractivity contribution >= 4 is 0 Å². The molecule has 14 heavy (non-hydrogen) atoms. The second kappa shape index (κ2) is 5.35. The van der Waals surface area contributed by atoms with Crippen LogP contribution in [-0.2, 0) is 14.2 Å². The molecule has 0 aromatic rings. The van der Waals surface area contributed by atoms with E-state index >= 15 is 0 Å². The van der Waals surface area contributed by atoms with E-state index in [1.807, 2.05) is 0 Å². The Morgan fingerprint density at radius 1 is 1.07 bits per heavy atom. The van der Waals surface area contributed by atoms with Gasteiger partial charge in [0.25, 0.3) is 0 Å². The Labute approximate surface area is 84.7 Å². The molecule has 2 rings (SSSR count). The number of ether oxygens (including phenoxy) is 3. The summed E-state index contributed by atoms with van der Waals surface area (Å²) in [4.78, 5) is 0. The highest BCUT2D eigenvalue weighted by molar-refractivity contribution is 5.03. The van der Waals surface area contributed by atoms with Gasteiger partial charge in [-0.2, -0.15) is 0 Å². The molecule has 1 aliphatic heterocycles. The van der Waals surface area contributed by atoms with Gasteiger partial charge in [-0.15, -0.1) is 0 Å². The maximum Gasteiger partial charge on any atom is 0.226 e. The molecule has 78 valence electrons. The number of hydrogen-bond donors (Lipinski definition) is 0. The van der Waals surface area contributed by atoms with Crippen LogP contribution in [0, 0.1) is 17.8 Å². The first-order valence-electron chi connectivity index (χ1n) is 5.24. The minimum absolute atomic E-state index is 0.294. The Kier molecular flexibility index (Phi) is 3.81. The first kappa shape index (κ1) is 9.97. The summed E-state index contributed by atoms with van der Waals surface area (Å²) in [5, 5.41) is 0. The minimum atomic E-state index is -0.370. The Balaban J connectivity index is 1.69. The Bertz CT molecular complexity index is 216. The average Bonchev–Trinajstić information content (AvgIpc) is 2.72. The van der Waals surface area contributed by atoms with Crippen LogP contribution < -0.4 is 0 Å². The summed E-state index contributed by atoms with van der Waals surface area (Å²) < 4.78 is 15.1. The molecule has 2 fully saturated rings. The summed E-state index contributed by atoms with van der Waals surface area (Å²) >= 11 is 0. The first-order chi connectivity index (χ1) is 6.95. The van der Waals surface area contributed by atoms with Gasteiger partial charge in [-0.3, -0.25) is 0 Å². The van der Waals surface area contributed by atoms with Gasteiger partial charge < -0.3 is 14.2 Å². The van der Waals surface area contributed by atoms with Gasteiger partial charge in [0.05, 0.1) is 0 Å². The van der Waals surface area contributed by atoms with Crippen LogP contribution in [0.4, 0.5) is 0 Å². The molecule has 0 unspecified atom stereocenters. The third-order valence-corrected chi connectivity index (χ3v) is 2.69. The largest absolute Gasteiger partial charge is 0.329 e. The molecule has 0 bridgehead atoms. The summed E-state index contributed by atoms with van der Waals surface area (Å²) in [6.45, 7) is 0.589. The van der Waals surface area contributed by atoms with Crippen LogP contribution in [0.3, 0.4) is 0 Å². The van der Waals surface area contributed by atoms with Crippen molar-refractivity contribution in [1.82, 2.24) is 0 Å². The molecule has 0 atom stereocenters. The van der Waals surface area contributed by atoms with Crippen molar-refractivity contribution in [3.63, 3.8) is 0 Å². The van der Waals surface area contributed by atoms with Crippen molar-refractivity contribution in [3.05, 3.63) is 0 Å². The molecule has 3 nitrogen and oxygen atoms in total. The van der Waals surface area contributed by atoms with Crippen LogP contribution in [-0.4, -0.2) is 19.9 Å². The van der Waals surface area contributed by atoms with E-state index in [0.29, 0.717) is 13.6 Å². The van der Waals surface area contributed by atoms with Crippen LogP contribution in [0.2, 0.25) is 0 Å². The Morgan fingerprint density at radius 2 is 1.79 bits per heavy atom. The van der Waals surface area contributed by atoms with E-state index in [2.05, 4.69) is 11.8 Å². The lowest BCUT2D eigenvalue weighted by Crippen LogP contribution is -2.25. The second-order valence-electron chi connectivity index (χ2n) is 3.78. The smallest absolute Gasteiger partial charge is 0.226 e. The number of rotatable bonds is 1. The zero-order valence-electron chi connectivity index (χ0n) is 8.33. The third kappa shape index (κ3) is 2.98. The SMILES string of the molecule is C(#CC1OCOCO1)CC1CCCC1. The van der Waals surface area contributed by atoms with Crippen molar-refractivity contribution in [2.24, 2.45) is 5.92 Å².